The fourth-order valence-electron chi connectivity index (χ4n) is 4.22. The van der Waals surface area contributed by atoms with Crippen LogP contribution in [0.15, 0.2) is 59.6 Å². The van der Waals surface area contributed by atoms with Gasteiger partial charge in [-0.1, -0.05) is 49.4 Å². The van der Waals surface area contributed by atoms with Gasteiger partial charge in [-0.25, -0.2) is 9.89 Å². The van der Waals surface area contributed by atoms with Crippen molar-refractivity contribution in [2.24, 2.45) is 16.6 Å². The second-order valence-corrected chi connectivity index (χ2v) is 8.00. The lowest BCUT2D eigenvalue weighted by Gasteiger charge is -2.35. The molecule has 0 saturated carbocycles. The first-order chi connectivity index (χ1) is 14.6. The Hall–Kier alpha value is -3.15. The van der Waals surface area contributed by atoms with E-state index >= 15 is 0 Å². The lowest BCUT2D eigenvalue weighted by atomic mass is 9.96. The number of benzene rings is 2. The molecule has 2 amide bonds. The molecule has 2 aromatic rings. The first-order valence-electron chi connectivity index (χ1n) is 10.7. The molecule has 156 valence electrons. The van der Waals surface area contributed by atoms with Crippen LogP contribution in [0.4, 0.5) is 5.69 Å². The van der Waals surface area contributed by atoms with Crippen LogP contribution in [0.2, 0.25) is 0 Å². The number of amides is 2. The zero-order valence-electron chi connectivity index (χ0n) is 17.3. The first-order valence-corrected chi connectivity index (χ1v) is 10.7. The van der Waals surface area contributed by atoms with E-state index in [4.69, 9.17) is 10.7 Å². The molecule has 30 heavy (non-hydrogen) atoms. The fourth-order valence-corrected chi connectivity index (χ4v) is 4.22. The smallest absolute Gasteiger partial charge is 0.259 e. The zero-order chi connectivity index (χ0) is 21.1. The molecule has 0 radical (unpaired) electrons. The Morgan fingerprint density at radius 2 is 1.77 bits per heavy atom. The van der Waals surface area contributed by atoms with Gasteiger partial charge in [0.25, 0.3) is 5.91 Å². The normalized spacial score (nSPS) is 19.8. The number of aliphatic imine (C=N–C) groups is 1. The van der Waals surface area contributed by atoms with Gasteiger partial charge in [0.05, 0.1) is 5.69 Å². The summed E-state index contributed by atoms with van der Waals surface area (Å²) in [7, 11) is 0. The summed E-state index contributed by atoms with van der Waals surface area (Å²) in [5.41, 5.74) is 8.62. The standard InChI is InChI=1S/C24H28N4O2/c1-2-17-9-6-10-20(15-17)28-23(30)21(16-18-7-4-3-5-8-18)26-24(28)27-13-11-19(12-14-27)22(25)29/h3-10,15,19,21H,2,11-14,16H2,1H3,(H2,25,29). The molecule has 1 atom stereocenters. The van der Waals surface area contributed by atoms with Gasteiger partial charge >= 0.3 is 0 Å². The van der Waals surface area contributed by atoms with Crippen LogP contribution in [0, 0.1) is 5.92 Å². The summed E-state index contributed by atoms with van der Waals surface area (Å²) in [6, 6.07) is 17.6. The lowest BCUT2D eigenvalue weighted by molar-refractivity contribution is -0.123. The Bertz CT molecular complexity index is 949. The number of hydrogen-bond donors (Lipinski definition) is 1. The molecule has 6 nitrogen and oxygen atoms in total. The molecule has 2 N–H and O–H groups in total. The maximum absolute atomic E-state index is 13.4. The summed E-state index contributed by atoms with van der Waals surface area (Å²) in [5.74, 6) is 0.348. The second-order valence-electron chi connectivity index (χ2n) is 8.00. The minimum Gasteiger partial charge on any atom is -0.369 e. The van der Waals surface area contributed by atoms with E-state index in [2.05, 4.69) is 24.0 Å². The van der Waals surface area contributed by atoms with Crippen molar-refractivity contribution in [3.8, 4) is 0 Å². The third kappa shape index (κ3) is 4.08. The van der Waals surface area contributed by atoms with E-state index in [9.17, 15) is 9.59 Å². The van der Waals surface area contributed by atoms with Gasteiger partial charge in [-0.2, -0.15) is 0 Å². The molecule has 2 heterocycles. The maximum Gasteiger partial charge on any atom is 0.259 e. The molecule has 0 aromatic heterocycles. The van der Waals surface area contributed by atoms with Crippen LogP contribution in [-0.4, -0.2) is 41.8 Å². The number of nitrogens with zero attached hydrogens (tertiary/aromatic N) is 3. The predicted molar refractivity (Wildman–Crippen MR) is 118 cm³/mol. The number of carbonyl (C=O) groups is 2. The molecule has 4 rings (SSSR count). The Balaban J connectivity index is 1.63. The van der Waals surface area contributed by atoms with Crippen molar-refractivity contribution in [2.75, 3.05) is 18.0 Å². The minimum absolute atomic E-state index is 0.000805. The van der Waals surface area contributed by atoms with Crippen molar-refractivity contribution in [2.45, 2.75) is 38.6 Å². The Morgan fingerprint density at radius 3 is 2.43 bits per heavy atom. The first kappa shape index (κ1) is 20.1. The lowest BCUT2D eigenvalue weighted by Crippen LogP contribution is -2.49. The van der Waals surface area contributed by atoms with E-state index in [0.717, 1.165) is 17.7 Å². The highest BCUT2D eigenvalue weighted by atomic mass is 16.2. The maximum atomic E-state index is 13.4. The Labute approximate surface area is 177 Å². The van der Waals surface area contributed by atoms with Crippen molar-refractivity contribution >= 4 is 23.5 Å². The second kappa shape index (κ2) is 8.69. The molecule has 0 spiro atoms. The van der Waals surface area contributed by atoms with E-state index < -0.39 is 6.04 Å². The molecule has 0 aliphatic carbocycles. The molecule has 1 saturated heterocycles. The van der Waals surface area contributed by atoms with Gasteiger partial charge in [-0.05, 0) is 42.5 Å². The molecule has 1 fully saturated rings. The van der Waals surface area contributed by atoms with E-state index in [1.165, 1.54) is 5.56 Å². The van der Waals surface area contributed by atoms with Crippen LogP contribution in [0.1, 0.15) is 30.9 Å². The number of aryl methyl sites for hydroxylation is 1. The number of nitrogens with two attached hydrogens (primary N) is 1. The molecule has 6 heteroatoms. The van der Waals surface area contributed by atoms with Gasteiger partial charge in [0.15, 0.2) is 0 Å². The number of carbonyl (C=O) groups excluding carboxylic acids is 2. The van der Waals surface area contributed by atoms with Crippen LogP contribution < -0.4 is 10.6 Å². The minimum atomic E-state index is -0.443. The van der Waals surface area contributed by atoms with E-state index in [1.807, 2.05) is 42.5 Å². The van der Waals surface area contributed by atoms with E-state index in [0.29, 0.717) is 38.3 Å². The molecule has 0 bridgehead atoms. The summed E-state index contributed by atoms with van der Waals surface area (Å²) in [5, 5.41) is 0. The van der Waals surface area contributed by atoms with Crippen molar-refractivity contribution in [3.05, 3.63) is 65.7 Å². The van der Waals surface area contributed by atoms with Crippen LogP contribution >= 0.6 is 0 Å². The number of primary amides is 1. The highest BCUT2D eigenvalue weighted by Crippen LogP contribution is 2.28. The van der Waals surface area contributed by atoms with Gasteiger partial charge in [-0.3, -0.25) is 9.59 Å². The van der Waals surface area contributed by atoms with Crippen LogP contribution in [0.5, 0.6) is 0 Å². The third-order valence-corrected chi connectivity index (χ3v) is 6.01. The van der Waals surface area contributed by atoms with Crippen molar-refractivity contribution in [3.63, 3.8) is 0 Å². The van der Waals surface area contributed by atoms with Gasteiger partial charge in [-0.15, -0.1) is 0 Å². The Morgan fingerprint density at radius 1 is 1.07 bits per heavy atom. The van der Waals surface area contributed by atoms with Crippen LogP contribution in [-0.2, 0) is 22.4 Å². The number of hydrogen-bond acceptors (Lipinski definition) is 4. The van der Waals surface area contributed by atoms with E-state index in [1.54, 1.807) is 4.90 Å². The number of guanidine groups is 1. The van der Waals surface area contributed by atoms with E-state index in [-0.39, 0.29) is 17.7 Å². The number of rotatable bonds is 5. The van der Waals surface area contributed by atoms with Crippen molar-refractivity contribution < 1.29 is 9.59 Å². The summed E-state index contributed by atoms with van der Waals surface area (Å²) in [6.07, 6.45) is 2.86. The molecule has 2 aromatic carbocycles. The highest BCUT2D eigenvalue weighted by Gasteiger charge is 2.39. The van der Waals surface area contributed by atoms with Gasteiger partial charge in [0, 0.05) is 25.4 Å². The third-order valence-electron chi connectivity index (χ3n) is 6.01. The molecule has 2 aliphatic heterocycles. The summed E-state index contributed by atoms with van der Waals surface area (Å²) in [6.45, 7) is 3.44. The molecular weight excluding hydrogens is 376 g/mol. The summed E-state index contributed by atoms with van der Waals surface area (Å²) >= 11 is 0. The van der Waals surface area contributed by atoms with Crippen LogP contribution in [0.25, 0.3) is 0 Å². The van der Waals surface area contributed by atoms with Crippen molar-refractivity contribution in [1.82, 2.24) is 4.90 Å². The quantitative estimate of drug-likeness (QED) is 0.832. The predicted octanol–water partition coefficient (Wildman–Crippen LogP) is 2.76. The average Bonchev–Trinajstić information content (AvgIpc) is 3.10. The molecular formula is C24H28N4O2. The SMILES string of the molecule is CCc1cccc(N2C(=O)C(Cc3ccccc3)N=C2N2CCC(C(N)=O)CC2)c1. The average molecular weight is 405 g/mol. The fraction of sp³-hybridized carbons (Fsp3) is 0.375. The van der Waals surface area contributed by atoms with Crippen LogP contribution in [0.3, 0.4) is 0 Å². The topological polar surface area (TPSA) is 79.0 Å². The number of piperidine rings is 1. The highest BCUT2D eigenvalue weighted by molar-refractivity contribution is 6.22. The van der Waals surface area contributed by atoms with Gasteiger partial charge in [0.2, 0.25) is 11.9 Å². The van der Waals surface area contributed by atoms with Gasteiger partial charge < -0.3 is 10.6 Å². The monoisotopic (exact) mass is 404 g/mol. The zero-order valence-corrected chi connectivity index (χ0v) is 17.3. The largest absolute Gasteiger partial charge is 0.369 e. The van der Waals surface area contributed by atoms with Crippen molar-refractivity contribution in [1.29, 1.82) is 0 Å². The Kier molecular flexibility index (Phi) is 5.84. The van der Waals surface area contributed by atoms with Gasteiger partial charge in [0.1, 0.15) is 6.04 Å². The summed E-state index contributed by atoms with van der Waals surface area (Å²) in [4.78, 5) is 33.8. The molecule has 1 unspecified atom stereocenters. The molecule has 2 aliphatic rings. The number of likely N-dealkylation sites (tertiary alicyclic amines) is 1. The summed E-state index contributed by atoms with van der Waals surface area (Å²) < 4.78 is 0. The number of anilines is 1.